The van der Waals surface area contributed by atoms with Crippen LogP contribution in [0, 0.1) is 0 Å². The molecule has 1 heterocycles. The number of likely N-dealkylation sites (N-methyl/N-ethyl adjacent to an activating group) is 1. The Hall–Kier alpha value is -3.39. The van der Waals surface area contributed by atoms with Crippen molar-refractivity contribution in [3.63, 3.8) is 0 Å². The Bertz CT molecular complexity index is 1030. The molecule has 34 heavy (non-hydrogen) atoms. The third-order valence-electron chi connectivity index (χ3n) is 6.72. The predicted octanol–water partition coefficient (Wildman–Crippen LogP) is 3.39. The summed E-state index contributed by atoms with van der Waals surface area (Å²) in [6.07, 6.45) is 0.258. The highest BCUT2D eigenvalue weighted by molar-refractivity contribution is 5.89. The van der Waals surface area contributed by atoms with Gasteiger partial charge in [-0.05, 0) is 35.1 Å². The minimum absolute atomic E-state index is 0.0771. The lowest BCUT2D eigenvalue weighted by atomic mass is 9.98. The van der Waals surface area contributed by atoms with Crippen LogP contribution in [0.15, 0.2) is 48.5 Å². The van der Waals surface area contributed by atoms with Crippen LogP contribution in [-0.2, 0) is 19.1 Å². The van der Waals surface area contributed by atoms with Gasteiger partial charge in [0.2, 0.25) is 5.91 Å². The number of aliphatic carboxylic acids is 1. The molecule has 0 bridgehead atoms. The molecule has 3 unspecified atom stereocenters. The third kappa shape index (κ3) is 4.92. The third-order valence-corrected chi connectivity index (χ3v) is 6.72. The van der Waals surface area contributed by atoms with E-state index in [0.717, 1.165) is 28.7 Å². The molecule has 1 aliphatic carbocycles. The van der Waals surface area contributed by atoms with Crippen molar-refractivity contribution >= 4 is 18.0 Å². The monoisotopic (exact) mass is 466 g/mol. The van der Waals surface area contributed by atoms with Crippen LogP contribution in [0.5, 0.6) is 0 Å². The van der Waals surface area contributed by atoms with E-state index in [-0.39, 0.29) is 24.7 Å². The fourth-order valence-corrected chi connectivity index (χ4v) is 4.82. The minimum atomic E-state index is -1.22. The molecule has 2 aromatic carbocycles. The number of fused-ring (bicyclic) bond motifs is 3. The maximum atomic E-state index is 13.0. The van der Waals surface area contributed by atoms with Gasteiger partial charge in [0.25, 0.3) is 0 Å². The zero-order valence-corrected chi connectivity index (χ0v) is 19.4. The van der Waals surface area contributed by atoms with Crippen LogP contribution >= 0.6 is 0 Å². The second-order valence-electron chi connectivity index (χ2n) is 8.82. The summed E-state index contributed by atoms with van der Waals surface area (Å²) in [5.41, 5.74) is 4.36. The first-order chi connectivity index (χ1) is 16.4. The number of hydrogen-bond acceptors (Lipinski definition) is 5. The summed E-state index contributed by atoms with van der Waals surface area (Å²) >= 11 is 0. The molecule has 1 fully saturated rings. The number of rotatable bonds is 8. The van der Waals surface area contributed by atoms with E-state index >= 15 is 0 Å². The lowest BCUT2D eigenvalue weighted by Crippen LogP contribution is -2.51. The van der Waals surface area contributed by atoms with Crippen molar-refractivity contribution in [1.82, 2.24) is 10.2 Å². The van der Waals surface area contributed by atoms with Crippen molar-refractivity contribution in [2.75, 3.05) is 20.3 Å². The summed E-state index contributed by atoms with van der Waals surface area (Å²) in [5, 5.41) is 11.8. The molecule has 3 atom stereocenters. The smallest absolute Gasteiger partial charge is 0.407 e. The predicted molar refractivity (Wildman–Crippen MR) is 125 cm³/mol. The van der Waals surface area contributed by atoms with Gasteiger partial charge in [-0.25, -0.2) is 4.79 Å². The fraction of sp³-hybridized carbons (Fsp3) is 0.423. The van der Waals surface area contributed by atoms with Crippen LogP contribution in [0.1, 0.15) is 43.2 Å². The lowest BCUT2D eigenvalue weighted by molar-refractivity contribution is -0.142. The number of carbonyl (C=O) groups is 3. The van der Waals surface area contributed by atoms with Gasteiger partial charge >= 0.3 is 12.1 Å². The first-order valence-electron chi connectivity index (χ1n) is 11.6. The maximum Gasteiger partial charge on any atom is 0.407 e. The van der Waals surface area contributed by atoms with Crippen molar-refractivity contribution in [1.29, 1.82) is 0 Å². The molecule has 2 N–H and O–H groups in total. The molecule has 1 saturated heterocycles. The number of amides is 2. The summed E-state index contributed by atoms with van der Waals surface area (Å²) in [6, 6.07) is 14.6. The quantitative estimate of drug-likeness (QED) is 0.618. The molecule has 1 aliphatic heterocycles. The van der Waals surface area contributed by atoms with E-state index in [9.17, 15) is 19.5 Å². The standard InChI is InChI=1S/C26H30N2O6/c1-3-17-12-16(14-33-17)28(2)25(31)23(13-24(29)30)27-26(32)34-15-22-20-10-6-4-8-18(20)19-9-5-7-11-21(19)22/h4-11,16-17,22-23H,3,12-15H2,1-2H3,(H,27,32)(H,29,30). The molecule has 0 aromatic heterocycles. The molecule has 2 aliphatic rings. The van der Waals surface area contributed by atoms with Crippen LogP contribution < -0.4 is 5.32 Å². The summed E-state index contributed by atoms with van der Waals surface area (Å²) in [7, 11) is 1.61. The largest absolute Gasteiger partial charge is 0.481 e. The highest BCUT2D eigenvalue weighted by Crippen LogP contribution is 2.44. The van der Waals surface area contributed by atoms with Crippen LogP contribution in [0.2, 0.25) is 0 Å². The Morgan fingerprint density at radius 3 is 2.29 bits per heavy atom. The van der Waals surface area contributed by atoms with E-state index < -0.39 is 30.4 Å². The summed E-state index contributed by atoms with van der Waals surface area (Å²) in [5.74, 6) is -1.78. The van der Waals surface area contributed by atoms with Crippen molar-refractivity contribution in [2.24, 2.45) is 0 Å². The first-order valence-corrected chi connectivity index (χ1v) is 11.6. The van der Waals surface area contributed by atoms with Crippen molar-refractivity contribution in [3.05, 3.63) is 59.7 Å². The minimum Gasteiger partial charge on any atom is -0.481 e. The SMILES string of the molecule is CCC1CC(N(C)C(=O)C(CC(=O)O)NC(=O)OCC2c3ccccc3-c3ccccc32)CO1. The molecule has 4 rings (SSSR count). The summed E-state index contributed by atoms with van der Waals surface area (Å²) < 4.78 is 11.2. The number of alkyl carbamates (subject to hydrolysis) is 1. The molecule has 8 heteroatoms. The Morgan fingerprint density at radius 1 is 1.12 bits per heavy atom. The van der Waals surface area contributed by atoms with E-state index in [1.807, 2.05) is 55.5 Å². The second-order valence-corrected chi connectivity index (χ2v) is 8.82. The zero-order chi connectivity index (χ0) is 24.2. The van der Waals surface area contributed by atoms with Gasteiger partial charge in [0.05, 0.1) is 25.2 Å². The van der Waals surface area contributed by atoms with E-state index in [1.165, 1.54) is 4.90 Å². The fourth-order valence-electron chi connectivity index (χ4n) is 4.82. The second kappa shape index (κ2) is 10.3. The number of nitrogens with zero attached hydrogens (tertiary/aromatic N) is 1. The molecule has 180 valence electrons. The van der Waals surface area contributed by atoms with Crippen LogP contribution in [0.4, 0.5) is 4.79 Å². The Morgan fingerprint density at radius 2 is 1.74 bits per heavy atom. The van der Waals surface area contributed by atoms with Crippen LogP contribution in [0.3, 0.4) is 0 Å². The summed E-state index contributed by atoms with van der Waals surface area (Å²) in [6.45, 7) is 2.49. The van der Waals surface area contributed by atoms with Gasteiger partial charge in [-0.15, -0.1) is 0 Å². The van der Waals surface area contributed by atoms with Crippen molar-refractivity contribution < 1.29 is 29.0 Å². The van der Waals surface area contributed by atoms with Crippen LogP contribution in [-0.4, -0.2) is 66.4 Å². The number of hydrogen-bond donors (Lipinski definition) is 2. The molecular formula is C26H30N2O6. The molecule has 8 nitrogen and oxygen atoms in total. The molecule has 2 aromatic rings. The number of carbonyl (C=O) groups excluding carboxylic acids is 2. The van der Waals surface area contributed by atoms with E-state index in [4.69, 9.17) is 9.47 Å². The van der Waals surface area contributed by atoms with Crippen molar-refractivity contribution in [2.45, 2.75) is 50.3 Å². The van der Waals surface area contributed by atoms with Crippen LogP contribution in [0.25, 0.3) is 11.1 Å². The number of benzene rings is 2. The van der Waals surface area contributed by atoms with Gasteiger partial charge in [-0.1, -0.05) is 55.5 Å². The molecule has 2 amide bonds. The summed E-state index contributed by atoms with van der Waals surface area (Å²) in [4.78, 5) is 38.5. The van der Waals surface area contributed by atoms with Gasteiger partial charge < -0.3 is 24.8 Å². The average Bonchev–Trinajstić information content (AvgIpc) is 3.44. The Kier molecular flexibility index (Phi) is 7.17. The molecule has 0 spiro atoms. The normalized spacial score (nSPS) is 19.7. The number of carboxylic acids is 1. The molecular weight excluding hydrogens is 436 g/mol. The Balaban J connectivity index is 1.41. The average molecular weight is 467 g/mol. The van der Waals surface area contributed by atoms with Crippen molar-refractivity contribution in [3.8, 4) is 11.1 Å². The van der Waals surface area contributed by atoms with Gasteiger partial charge in [0.15, 0.2) is 0 Å². The van der Waals surface area contributed by atoms with E-state index in [1.54, 1.807) is 7.05 Å². The van der Waals surface area contributed by atoms with Gasteiger partial charge in [-0.3, -0.25) is 9.59 Å². The zero-order valence-electron chi connectivity index (χ0n) is 19.4. The molecule has 0 radical (unpaired) electrons. The highest BCUT2D eigenvalue weighted by Gasteiger charge is 2.35. The van der Waals surface area contributed by atoms with E-state index in [0.29, 0.717) is 13.0 Å². The lowest BCUT2D eigenvalue weighted by Gasteiger charge is -2.28. The topological polar surface area (TPSA) is 105 Å². The van der Waals surface area contributed by atoms with Gasteiger partial charge in [0, 0.05) is 13.0 Å². The first kappa shape index (κ1) is 23.8. The number of nitrogens with one attached hydrogen (secondary N) is 1. The van der Waals surface area contributed by atoms with Gasteiger partial charge in [0.1, 0.15) is 12.6 Å². The highest BCUT2D eigenvalue weighted by atomic mass is 16.5. The number of carboxylic acid groups (broad SMARTS) is 1. The number of ether oxygens (including phenoxy) is 2. The van der Waals surface area contributed by atoms with Gasteiger partial charge in [-0.2, -0.15) is 0 Å². The maximum absolute atomic E-state index is 13.0. The Labute approximate surface area is 198 Å². The molecule has 0 saturated carbocycles. The van der Waals surface area contributed by atoms with E-state index in [2.05, 4.69) is 5.32 Å².